The molecule has 1 aromatic heterocycles. The summed E-state index contributed by atoms with van der Waals surface area (Å²) in [5, 5.41) is 8.17. The van der Waals surface area contributed by atoms with Crippen LogP contribution in [0.5, 0.6) is 0 Å². The third-order valence-electron chi connectivity index (χ3n) is 2.26. The van der Waals surface area contributed by atoms with Crippen LogP contribution in [-0.2, 0) is 0 Å². The van der Waals surface area contributed by atoms with Crippen LogP contribution in [0, 0.1) is 12.8 Å². The van der Waals surface area contributed by atoms with Gasteiger partial charge in [0.15, 0.2) is 0 Å². The Morgan fingerprint density at radius 2 is 2.00 bits per heavy atom. The largest absolute Gasteiger partial charge is 0.330 e. The van der Waals surface area contributed by atoms with Crippen LogP contribution in [-0.4, -0.2) is 16.7 Å². The van der Waals surface area contributed by atoms with Gasteiger partial charge in [0.05, 0.1) is 11.4 Å². The number of nitrogens with two attached hydrogens (primary N) is 1. The van der Waals surface area contributed by atoms with Gasteiger partial charge in [-0.1, -0.05) is 13.8 Å². The zero-order valence-electron chi connectivity index (χ0n) is 8.49. The van der Waals surface area contributed by atoms with Crippen molar-refractivity contribution in [2.75, 3.05) is 6.54 Å². The minimum absolute atomic E-state index is 0.327. The van der Waals surface area contributed by atoms with Crippen LogP contribution < -0.4 is 5.73 Å². The fourth-order valence-corrected chi connectivity index (χ4v) is 1.34. The molecule has 0 radical (unpaired) electrons. The highest BCUT2D eigenvalue weighted by Crippen LogP contribution is 2.20. The molecule has 3 heteroatoms. The molecule has 0 aliphatic heterocycles. The predicted molar refractivity (Wildman–Crippen MR) is 53.4 cm³/mol. The quantitative estimate of drug-likeness (QED) is 0.764. The average Bonchev–Trinajstić information content (AvgIpc) is 2.09. The van der Waals surface area contributed by atoms with Crippen molar-refractivity contribution in [1.29, 1.82) is 0 Å². The van der Waals surface area contributed by atoms with E-state index >= 15 is 0 Å². The van der Waals surface area contributed by atoms with Crippen molar-refractivity contribution in [3.8, 4) is 0 Å². The van der Waals surface area contributed by atoms with Crippen LogP contribution in [0.3, 0.4) is 0 Å². The van der Waals surface area contributed by atoms with E-state index in [1.165, 1.54) is 0 Å². The summed E-state index contributed by atoms with van der Waals surface area (Å²) >= 11 is 0. The van der Waals surface area contributed by atoms with E-state index in [2.05, 4.69) is 24.0 Å². The van der Waals surface area contributed by atoms with Crippen LogP contribution in [0.15, 0.2) is 12.1 Å². The SMILES string of the molecule is Cc1ccc(C(CN)C(C)C)nn1. The van der Waals surface area contributed by atoms with Gasteiger partial charge in [-0.3, -0.25) is 0 Å². The second-order valence-electron chi connectivity index (χ2n) is 3.69. The van der Waals surface area contributed by atoms with Gasteiger partial charge in [0.25, 0.3) is 0 Å². The molecule has 0 bridgehead atoms. The molecular weight excluding hydrogens is 162 g/mol. The van der Waals surface area contributed by atoms with Gasteiger partial charge < -0.3 is 5.73 Å². The van der Waals surface area contributed by atoms with E-state index in [4.69, 9.17) is 5.73 Å². The van der Waals surface area contributed by atoms with Gasteiger partial charge >= 0.3 is 0 Å². The third kappa shape index (κ3) is 2.49. The molecular formula is C10H17N3. The second kappa shape index (κ2) is 4.33. The summed E-state index contributed by atoms with van der Waals surface area (Å²) in [5.74, 6) is 0.843. The summed E-state index contributed by atoms with van der Waals surface area (Å²) < 4.78 is 0. The van der Waals surface area contributed by atoms with Crippen molar-refractivity contribution in [2.24, 2.45) is 11.7 Å². The van der Waals surface area contributed by atoms with Gasteiger partial charge in [-0.2, -0.15) is 10.2 Å². The summed E-state index contributed by atoms with van der Waals surface area (Å²) in [5.41, 5.74) is 7.63. The molecule has 0 aliphatic rings. The smallest absolute Gasteiger partial charge is 0.0677 e. The standard InChI is InChI=1S/C10H17N3/c1-7(2)9(6-11)10-5-4-8(3)12-13-10/h4-5,7,9H,6,11H2,1-3H3. The average molecular weight is 179 g/mol. The molecule has 1 rings (SSSR count). The Hall–Kier alpha value is -0.960. The highest BCUT2D eigenvalue weighted by Gasteiger charge is 2.15. The van der Waals surface area contributed by atoms with Crippen molar-refractivity contribution in [3.05, 3.63) is 23.5 Å². The Bertz CT molecular complexity index is 253. The van der Waals surface area contributed by atoms with Crippen LogP contribution in [0.1, 0.15) is 31.2 Å². The van der Waals surface area contributed by atoms with E-state index in [-0.39, 0.29) is 0 Å². The number of aryl methyl sites for hydroxylation is 1. The number of hydrogen-bond acceptors (Lipinski definition) is 3. The van der Waals surface area contributed by atoms with Crippen LogP contribution in [0.2, 0.25) is 0 Å². The lowest BCUT2D eigenvalue weighted by Crippen LogP contribution is -2.19. The molecule has 2 N–H and O–H groups in total. The maximum Gasteiger partial charge on any atom is 0.0677 e. The first-order valence-electron chi connectivity index (χ1n) is 4.65. The van der Waals surface area contributed by atoms with Gasteiger partial charge in [0, 0.05) is 12.5 Å². The van der Waals surface area contributed by atoms with Crippen molar-refractivity contribution < 1.29 is 0 Å². The van der Waals surface area contributed by atoms with Gasteiger partial charge in [0.2, 0.25) is 0 Å². The molecule has 1 aromatic rings. The van der Waals surface area contributed by atoms with Gasteiger partial charge in [-0.15, -0.1) is 0 Å². The lowest BCUT2D eigenvalue weighted by molar-refractivity contribution is 0.490. The highest BCUT2D eigenvalue weighted by atomic mass is 15.1. The summed E-state index contributed by atoms with van der Waals surface area (Å²) in [6, 6.07) is 3.99. The molecule has 13 heavy (non-hydrogen) atoms. The van der Waals surface area contributed by atoms with Crippen LogP contribution in [0.4, 0.5) is 0 Å². The first-order valence-corrected chi connectivity index (χ1v) is 4.65. The Morgan fingerprint density at radius 3 is 2.38 bits per heavy atom. The van der Waals surface area contributed by atoms with Crippen LogP contribution in [0.25, 0.3) is 0 Å². The summed E-state index contributed by atoms with van der Waals surface area (Å²) in [7, 11) is 0. The molecule has 0 saturated carbocycles. The Labute approximate surface area is 79.4 Å². The number of nitrogens with zero attached hydrogens (tertiary/aromatic N) is 2. The summed E-state index contributed by atoms with van der Waals surface area (Å²) in [4.78, 5) is 0. The Morgan fingerprint density at radius 1 is 1.31 bits per heavy atom. The van der Waals surface area contributed by atoms with E-state index in [1.54, 1.807) is 0 Å². The molecule has 72 valence electrons. The predicted octanol–water partition coefficient (Wildman–Crippen LogP) is 1.48. The summed E-state index contributed by atoms with van der Waals surface area (Å²) in [6.45, 7) is 6.87. The minimum atomic E-state index is 0.327. The normalized spacial score (nSPS) is 13.3. The third-order valence-corrected chi connectivity index (χ3v) is 2.26. The second-order valence-corrected chi connectivity index (χ2v) is 3.69. The fraction of sp³-hybridized carbons (Fsp3) is 0.600. The molecule has 0 fully saturated rings. The minimum Gasteiger partial charge on any atom is -0.330 e. The first-order chi connectivity index (χ1) is 6.15. The fourth-order valence-electron chi connectivity index (χ4n) is 1.34. The van der Waals surface area contributed by atoms with E-state index in [0.29, 0.717) is 18.4 Å². The van der Waals surface area contributed by atoms with E-state index in [1.807, 2.05) is 19.1 Å². The Balaban J connectivity index is 2.86. The zero-order chi connectivity index (χ0) is 9.84. The molecule has 0 saturated heterocycles. The van der Waals surface area contributed by atoms with Gasteiger partial charge in [-0.05, 0) is 25.0 Å². The molecule has 1 atom stereocenters. The summed E-state index contributed by atoms with van der Waals surface area (Å²) in [6.07, 6.45) is 0. The molecule has 1 unspecified atom stereocenters. The van der Waals surface area contributed by atoms with E-state index in [9.17, 15) is 0 Å². The zero-order valence-corrected chi connectivity index (χ0v) is 8.49. The molecule has 0 amide bonds. The van der Waals surface area contributed by atoms with Crippen molar-refractivity contribution in [2.45, 2.75) is 26.7 Å². The molecule has 0 aromatic carbocycles. The number of hydrogen-bond donors (Lipinski definition) is 1. The monoisotopic (exact) mass is 179 g/mol. The first kappa shape index (κ1) is 10.1. The number of rotatable bonds is 3. The van der Waals surface area contributed by atoms with Crippen molar-refractivity contribution in [3.63, 3.8) is 0 Å². The van der Waals surface area contributed by atoms with Gasteiger partial charge in [0.1, 0.15) is 0 Å². The molecule has 0 aliphatic carbocycles. The maximum atomic E-state index is 5.68. The van der Waals surface area contributed by atoms with E-state index in [0.717, 1.165) is 11.4 Å². The maximum absolute atomic E-state index is 5.68. The lowest BCUT2D eigenvalue weighted by atomic mass is 9.92. The molecule has 3 nitrogen and oxygen atoms in total. The Kier molecular flexibility index (Phi) is 3.37. The lowest BCUT2D eigenvalue weighted by Gasteiger charge is -2.17. The highest BCUT2D eigenvalue weighted by molar-refractivity contribution is 5.11. The molecule has 0 spiro atoms. The van der Waals surface area contributed by atoms with Gasteiger partial charge in [-0.25, -0.2) is 0 Å². The van der Waals surface area contributed by atoms with E-state index < -0.39 is 0 Å². The van der Waals surface area contributed by atoms with Crippen molar-refractivity contribution in [1.82, 2.24) is 10.2 Å². The number of aromatic nitrogens is 2. The van der Waals surface area contributed by atoms with Crippen molar-refractivity contribution >= 4 is 0 Å². The topological polar surface area (TPSA) is 51.8 Å². The molecule has 1 heterocycles. The van der Waals surface area contributed by atoms with Crippen LogP contribution >= 0.6 is 0 Å².